The van der Waals surface area contributed by atoms with Crippen molar-refractivity contribution >= 4 is 34.1 Å². The highest BCUT2D eigenvalue weighted by Crippen LogP contribution is 2.30. The molecule has 0 fully saturated rings. The molecule has 1 aliphatic heterocycles. The molecular formula is C20H17N3O3. The highest BCUT2D eigenvalue weighted by Gasteiger charge is 2.29. The molecule has 0 spiro atoms. The number of benzene rings is 2. The molecule has 4 rings (SSSR count). The fourth-order valence-corrected chi connectivity index (χ4v) is 3.02. The van der Waals surface area contributed by atoms with E-state index in [-0.39, 0.29) is 18.2 Å². The van der Waals surface area contributed by atoms with Gasteiger partial charge in [0.05, 0.1) is 23.3 Å². The molecule has 26 heavy (non-hydrogen) atoms. The minimum absolute atomic E-state index is 0.0736. The molecular weight excluding hydrogens is 330 g/mol. The second kappa shape index (κ2) is 6.48. The molecule has 2 heterocycles. The number of carbonyl (C=O) groups excluding carboxylic acids is 2. The van der Waals surface area contributed by atoms with Crippen LogP contribution in [0.4, 0.5) is 11.4 Å². The van der Waals surface area contributed by atoms with Gasteiger partial charge < -0.3 is 15.4 Å². The number of rotatable bonds is 3. The maximum Gasteiger partial charge on any atom is 0.266 e. The predicted molar refractivity (Wildman–Crippen MR) is 99.2 cm³/mol. The van der Waals surface area contributed by atoms with Crippen LogP contribution in [0, 0.1) is 6.92 Å². The quantitative estimate of drug-likeness (QED) is 0.762. The Bertz CT molecular complexity index is 1020. The van der Waals surface area contributed by atoms with Gasteiger partial charge in [0.15, 0.2) is 6.10 Å². The Morgan fingerprint density at radius 3 is 2.92 bits per heavy atom. The van der Waals surface area contributed by atoms with Crippen LogP contribution in [0.1, 0.15) is 12.0 Å². The van der Waals surface area contributed by atoms with Crippen LogP contribution in [0.5, 0.6) is 5.75 Å². The van der Waals surface area contributed by atoms with E-state index in [1.165, 1.54) is 0 Å². The molecule has 130 valence electrons. The summed E-state index contributed by atoms with van der Waals surface area (Å²) in [5.74, 6) is -0.0531. The fourth-order valence-electron chi connectivity index (χ4n) is 3.02. The fraction of sp³-hybridized carbons (Fsp3) is 0.150. The van der Waals surface area contributed by atoms with Crippen molar-refractivity contribution < 1.29 is 14.3 Å². The normalized spacial score (nSPS) is 15.7. The minimum atomic E-state index is -0.861. The van der Waals surface area contributed by atoms with E-state index in [4.69, 9.17) is 4.74 Å². The lowest BCUT2D eigenvalue weighted by molar-refractivity contribution is -0.128. The number of ether oxygens (including phenoxy) is 1. The van der Waals surface area contributed by atoms with Crippen molar-refractivity contribution in [2.45, 2.75) is 19.4 Å². The number of aryl methyl sites for hydroxylation is 1. The monoisotopic (exact) mass is 347 g/mol. The standard InChI is InChI=1S/C20H17N3O3/c1-12-8-9-14(13-5-4-10-21-19(12)13)22-18(24)11-17-20(25)23-15-6-2-3-7-16(15)26-17/h2-10,17H,11H2,1H3,(H,22,24)(H,23,25)/t17-/m0/s1. The zero-order valence-corrected chi connectivity index (χ0v) is 14.2. The van der Waals surface area contributed by atoms with Crippen LogP contribution < -0.4 is 15.4 Å². The van der Waals surface area contributed by atoms with Gasteiger partial charge in [0.25, 0.3) is 5.91 Å². The average Bonchev–Trinajstić information content (AvgIpc) is 2.65. The molecule has 2 amide bonds. The van der Waals surface area contributed by atoms with Gasteiger partial charge >= 0.3 is 0 Å². The maximum atomic E-state index is 12.5. The van der Waals surface area contributed by atoms with E-state index in [2.05, 4.69) is 15.6 Å². The van der Waals surface area contributed by atoms with E-state index in [1.54, 1.807) is 18.3 Å². The number of hydrogen-bond acceptors (Lipinski definition) is 4. The number of para-hydroxylation sites is 2. The average molecular weight is 347 g/mol. The summed E-state index contributed by atoms with van der Waals surface area (Å²) in [6, 6.07) is 14.6. The summed E-state index contributed by atoms with van der Waals surface area (Å²) in [7, 11) is 0. The summed E-state index contributed by atoms with van der Waals surface area (Å²) in [6.45, 7) is 1.97. The van der Waals surface area contributed by atoms with E-state index in [9.17, 15) is 9.59 Å². The van der Waals surface area contributed by atoms with E-state index < -0.39 is 6.10 Å². The number of aromatic nitrogens is 1. The molecule has 0 bridgehead atoms. The second-order valence-corrected chi connectivity index (χ2v) is 6.17. The van der Waals surface area contributed by atoms with Crippen LogP contribution >= 0.6 is 0 Å². The first-order valence-electron chi connectivity index (χ1n) is 8.32. The van der Waals surface area contributed by atoms with E-state index in [1.807, 2.05) is 43.3 Å². The Labute approximate surface area is 150 Å². The first kappa shape index (κ1) is 16.1. The first-order chi connectivity index (χ1) is 12.6. The summed E-state index contributed by atoms with van der Waals surface area (Å²) < 4.78 is 5.67. The van der Waals surface area contributed by atoms with Gasteiger partial charge in [-0.05, 0) is 42.8 Å². The molecule has 1 atom stereocenters. The van der Waals surface area contributed by atoms with Crippen molar-refractivity contribution in [3.8, 4) is 5.75 Å². The van der Waals surface area contributed by atoms with Crippen LogP contribution in [0.3, 0.4) is 0 Å². The lowest BCUT2D eigenvalue weighted by atomic mass is 10.1. The van der Waals surface area contributed by atoms with Crippen molar-refractivity contribution in [3.63, 3.8) is 0 Å². The lowest BCUT2D eigenvalue weighted by Crippen LogP contribution is -2.39. The molecule has 0 unspecified atom stereocenters. The molecule has 1 aliphatic rings. The highest BCUT2D eigenvalue weighted by atomic mass is 16.5. The van der Waals surface area contributed by atoms with E-state index in [0.717, 1.165) is 16.5 Å². The van der Waals surface area contributed by atoms with Crippen LogP contribution in [0.15, 0.2) is 54.7 Å². The third-order valence-electron chi connectivity index (χ3n) is 4.32. The van der Waals surface area contributed by atoms with Gasteiger partial charge in [-0.3, -0.25) is 14.6 Å². The molecule has 0 saturated heterocycles. The Balaban J connectivity index is 1.52. The smallest absolute Gasteiger partial charge is 0.266 e. The Kier molecular flexibility index (Phi) is 4.01. The van der Waals surface area contributed by atoms with Crippen LogP contribution in [0.25, 0.3) is 10.9 Å². The third-order valence-corrected chi connectivity index (χ3v) is 4.32. The van der Waals surface area contributed by atoms with Crippen LogP contribution in [0.2, 0.25) is 0 Å². The predicted octanol–water partition coefficient (Wildman–Crippen LogP) is 3.27. The Morgan fingerprint density at radius 1 is 1.19 bits per heavy atom. The molecule has 3 aromatic rings. The summed E-state index contributed by atoms with van der Waals surface area (Å²) >= 11 is 0. The van der Waals surface area contributed by atoms with E-state index >= 15 is 0 Å². The van der Waals surface area contributed by atoms with Crippen LogP contribution in [-0.2, 0) is 9.59 Å². The Hall–Kier alpha value is -3.41. The number of hydrogen-bond donors (Lipinski definition) is 2. The van der Waals surface area contributed by atoms with Gasteiger partial charge in [0, 0.05) is 11.6 Å². The lowest BCUT2D eigenvalue weighted by Gasteiger charge is -2.25. The van der Waals surface area contributed by atoms with Crippen molar-refractivity contribution in [2.24, 2.45) is 0 Å². The summed E-state index contributed by atoms with van der Waals surface area (Å²) in [5, 5.41) is 6.49. The van der Waals surface area contributed by atoms with Crippen LogP contribution in [-0.4, -0.2) is 22.9 Å². The largest absolute Gasteiger partial charge is 0.478 e. The number of nitrogens with one attached hydrogen (secondary N) is 2. The number of pyridine rings is 1. The van der Waals surface area contributed by atoms with Gasteiger partial charge in [-0.15, -0.1) is 0 Å². The van der Waals surface area contributed by atoms with Crippen molar-refractivity contribution in [3.05, 3.63) is 60.3 Å². The number of amides is 2. The molecule has 0 aliphatic carbocycles. The molecule has 0 radical (unpaired) electrons. The molecule has 1 aromatic heterocycles. The summed E-state index contributed by atoms with van der Waals surface area (Å²) in [6.07, 6.45) is 0.786. The van der Waals surface area contributed by atoms with Gasteiger partial charge in [0.2, 0.25) is 5.91 Å². The zero-order chi connectivity index (χ0) is 18.1. The summed E-state index contributed by atoms with van der Waals surface area (Å²) in [5.41, 5.74) is 3.15. The molecule has 2 aromatic carbocycles. The Morgan fingerprint density at radius 2 is 2.04 bits per heavy atom. The number of anilines is 2. The summed E-state index contributed by atoms with van der Waals surface area (Å²) in [4.78, 5) is 29.0. The minimum Gasteiger partial charge on any atom is -0.478 e. The topological polar surface area (TPSA) is 80.3 Å². The van der Waals surface area contributed by atoms with E-state index in [0.29, 0.717) is 17.1 Å². The van der Waals surface area contributed by atoms with Gasteiger partial charge in [-0.25, -0.2) is 0 Å². The van der Waals surface area contributed by atoms with Crippen molar-refractivity contribution in [2.75, 3.05) is 10.6 Å². The van der Waals surface area contributed by atoms with Gasteiger partial charge in [0.1, 0.15) is 5.75 Å². The maximum absolute atomic E-state index is 12.5. The number of fused-ring (bicyclic) bond motifs is 2. The molecule has 6 heteroatoms. The third kappa shape index (κ3) is 2.97. The molecule has 2 N–H and O–H groups in total. The number of carbonyl (C=O) groups is 2. The van der Waals surface area contributed by atoms with Crippen molar-refractivity contribution in [1.82, 2.24) is 4.98 Å². The molecule has 6 nitrogen and oxygen atoms in total. The number of nitrogens with zero attached hydrogens (tertiary/aromatic N) is 1. The SMILES string of the molecule is Cc1ccc(NC(=O)C[C@@H]2Oc3ccccc3NC2=O)c2cccnc12. The van der Waals surface area contributed by atoms with Crippen molar-refractivity contribution in [1.29, 1.82) is 0 Å². The second-order valence-electron chi connectivity index (χ2n) is 6.17. The highest BCUT2D eigenvalue weighted by molar-refractivity contribution is 6.05. The zero-order valence-electron chi connectivity index (χ0n) is 14.2. The molecule has 0 saturated carbocycles. The van der Waals surface area contributed by atoms with Gasteiger partial charge in [-0.1, -0.05) is 18.2 Å². The first-order valence-corrected chi connectivity index (χ1v) is 8.32. The van der Waals surface area contributed by atoms with Gasteiger partial charge in [-0.2, -0.15) is 0 Å².